The van der Waals surface area contributed by atoms with Crippen molar-refractivity contribution in [3.05, 3.63) is 35.4 Å². The summed E-state index contributed by atoms with van der Waals surface area (Å²) in [6, 6.07) is 4.20. The maximum absolute atomic E-state index is 13.7. The van der Waals surface area contributed by atoms with Gasteiger partial charge in [-0.1, -0.05) is 0 Å². The van der Waals surface area contributed by atoms with Gasteiger partial charge in [0.05, 0.1) is 11.8 Å². The van der Waals surface area contributed by atoms with Gasteiger partial charge in [0, 0.05) is 24.6 Å². The summed E-state index contributed by atoms with van der Waals surface area (Å²) >= 11 is 1.53. The zero-order valence-corrected chi connectivity index (χ0v) is 14.6. The first-order chi connectivity index (χ1) is 11.6. The number of nitrogens with zero attached hydrogens (tertiary/aromatic N) is 2. The largest absolute Gasteiger partial charge is 0.336 e. The molecule has 0 aromatic heterocycles. The second-order valence-corrected chi connectivity index (χ2v) is 8.01. The molecule has 2 bridgehead atoms. The minimum absolute atomic E-state index is 0.00546. The molecule has 0 N–H and O–H groups in total. The molecule has 4 aliphatic heterocycles. The van der Waals surface area contributed by atoms with E-state index in [-0.39, 0.29) is 23.9 Å². The predicted octanol–water partition coefficient (Wildman–Crippen LogP) is 2.72. The Bertz CT molecular complexity index is 628. The molecule has 4 saturated heterocycles. The second kappa shape index (κ2) is 6.30. The highest BCUT2D eigenvalue weighted by Crippen LogP contribution is 2.46. The second-order valence-electron chi connectivity index (χ2n) is 7.14. The first-order valence-electron chi connectivity index (χ1n) is 8.57. The van der Waals surface area contributed by atoms with Gasteiger partial charge < -0.3 is 4.90 Å². The Morgan fingerprint density at radius 1 is 1.17 bits per heavy atom. The van der Waals surface area contributed by atoms with Crippen molar-refractivity contribution >= 4 is 17.7 Å². The highest BCUT2D eigenvalue weighted by atomic mass is 32.2. The maximum Gasteiger partial charge on any atom is 0.232 e. The van der Waals surface area contributed by atoms with Gasteiger partial charge >= 0.3 is 0 Å². The molecule has 1 aromatic carbocycles. The summed E-state index contributed by atoms with van der Waals surface area (Å²) in [4.78, 5) is 17.1. The molecule has 3 nitrogen and oxygen atoms in total. The number of carbonyl (C=O) groups is 1. The van der Waals surface area contributed by atoms with Crippen LogP contribution in [-0.4, -0.2) is 59.4 Å². The number of thioether (sulfide) groups is 1. The number of piperidine rings is 3. The highest BCUT2D eigenvalue weighted by molar-refractivity contribution is 7.99. The van der Waals surface area contributed by atoms with Crippen LogP contribution in [0.4, 0.5) is 8.78 Å². The first kappa shape index (κ1) is 16.3. The smallest absolute Gasteiger partial charge is 0.232 e. The van der Waals surface area contributed by atoms with Gasteiger partial charge in [-0.2, -0.15) is 11.8 Å². The Morgan fingerprint density at radius 2 is 1.83 bits per heavy atom. The third kappa shape index (κ3) is 2.64. The van der Waals surface area contributed by atoms with E-state index in [0.717, 1.165) is 32.0 Å². The minimum Gasteiger partial charge on any atom is -0.336 e. The van der Waals surface area contributed by atoms with Crippen molar-refractivity contribution in [3.8, 4) is 0 Å². The maximum atomic E-state index is 13.7. The van der Waals surface area contributed by atoms with E-state index in [1.165, 1.54) is 23.9 Å². The van der Waals surface area contributed by atoms with E-state index in [1.807, 2.05) is 11.2 Å². The predicted molar refractivity (Wildman–Crippen MR) is 91.1 cm³/mol. The van der Waals surface area contributed by atoms with E-state index in [1.54, 1.807) is 0 Å². The molecule has 130 valence electrons. The Kier molecular flexibility index (Phi) is 4.29. The van der Waals surface area contributed by atoms with Gasteiger partial charge in [0.2, 0.25) is 5.91 Å². The molecular formula is C18H22F2N2OS. The average molecular weight is 352 g/mol. The van der Waals surface area contributed by atoms with Crippen LogP contribution in [0, 0.1) is 17.6 Å². The highest BCUT2D eigenvalue weighted by Gasteiger charge is 2.54. The SMILES string of the molecule is CSCC(=O)N1C[C@H](c2cc(F)cc(F)c2)[C@@H]2[C@H]1C1CCN2CC1. The summed E-state index contributed by atoms with van der Waals surface area (Å²) in [6.07, 6.45) is 4.17. The van der Waals surface area contributed by atoms with Crippen molar-refractivity contribution in [2.45, 2.75) is 30.8 Å². The Hall–Kier alpha value is -1.14. The molecule has 0 saturated carbocycles. The Labute approximate surface area is 145 Å². The third-order valence-electron chi connectivity index (χ3n) is 5.90. The first-order valence-corrected chi connectivity index (χ1v) is 9.96. The van der Waals surface area contributed by atoms with Crippen molar-refractivity contribution in [1.82, 2.24) is 9.80 Å². The van der Waals surface area contributed by atoms with Crippen LogP contribution in [0.2, 0.25) is 0 Å². The summed E-state index contributed by atoms with van der Waals surface area (Å²) in [7, 11) is 0. The number of benzene rings is 1. The van der Waals surface area contributed by atoms with E-state index in [0.29, 0.717) is 23.8 Å². The summed E-state index contributed by atoms with van der Waals surface area (Å²) in [5, 5.41) is 0. The summed E-state index contributed by atoms with van der Waals surface area (Å²) in [6.45, 7) is 2.64. The van der Waals surface area contributed by atoms with Crippen molar-refractivity contribution in [2.75, 3.05) is 31.6 Å². The normalized spacial score (nSPS) is 34.5. The van der Waals surface area contributed by atoms with Crippen LogP contribution < -0.4 is 0 Å². The number of carbonyl (C=O) groups excluding carboxylic acids is 1. The van der Waals surface area contributed by atoms with Crippen LogP contribution in [0.25, 0.3) is 0 Å². The zero-order valence-electron chi connectivity index (χ0n) is 13.8. The van der Waals surface area contributed by atoms with E-state index in [2.05, 4.69) is 4.90 Å². The molecule has 4 heterocycles. The standard InChI is InChI=1S/C18H22F2N2OS/c1-24-10-16(23)22-9-15(12-6-13(19)8-14(20)7-12)18-17(22)11-2-4-21(18)5-3-11/h6-8,11,15,17-18H,2-5,9-10H2,1H3/t15-,17-,18-/m1/s1. The molecule has 0 unspecified atom stereocenters. The summed E-state index contributed by atoms with van der Waals surface area (Å²) in [5.74, 6) is 0.0759. The lowest BCUT2D eigenvalue weighted by atomic mass is 9.75. The minimum atomic E-state index is -0.536. The molecule has 0 spiro atoms. The van der Waals surface area contributed by atoms with Crippen molar-refractivity contribution < 1.29 is 13.6 Å². The number of fused-ring (bicyclic) bond motifs is 2. The summed E-state index contributed by atoms with van der Waals surface area (Å²) < 4.78 is 27.5. The van der Waals surface area contributed by atoms with Gasteiger partial charge in [-0.05, 0) is 55.8 Å². The third-order valence-corrected chi connectivity index (χ3v) is 6.43. The molecule has 24 heavy (non-hydrogen) atoms. The van der Waals surface area contributed by atoms with Crippen LogP contribution in [0.5, 0.6) is 0 Å². The van der Waals surface area contributed by atoms with Crippen molar-refractivity contribution in [2.24, 2.45) is 5.92 Å². The fourth-order valence-corrected chi connectivity index (χ4v) is 5.41. The van der Waals surface area contributed by atoms with Crippen LogP contribution in [0.15, 0.2) is 18.2 Å². The van der Waals surface area contributed by atoms with Crippen LogP contribution in [0.1, 0.15) is 24.3 Å². The van der Waals surface area contributed by atoms with Gasteiger partial charge in [-0.15, -0.1) is 0 Å². The number of halogens is 2. The molecule has 4 fully saturated rings. The number of hydrogen-bond donors (Lipinski definition) is 0. The Balaban J connectivity index is 1.71. The number of amides is 1. The number of likely N-dealkylation sites (tertiary alicyclic amines) is 1. The van der Waals surface area contributed by atoms with Crippen LogP contribution >= 0.6 is 11.8 Å². The van der Waals surface area contributed by atoms with E-state index >= 15 is 0 Å². The van der Waals surface area contributed by atoms with E-state index in [4.69, 9.17) is 0 Å². The van der Waals surface area contributed by atoms with Crippen molar-refractivity contribution in [3.63, 3.8) is 0 Å². The lowest BCUT2D eigenvalue weighted by Crippen LogP contribution is -2.60. The molecule has 1 aromatic rings. The number of hydrogen-bond acceptors (Lipinski definition) is 3. The van der Waals surface area contributed by atoms with Crippen LogP contribution in [-0.2, 0) is 4.79 Å². The fourth-order valence-electron chi connectivity index (χ4n) is 4.99. The number of rotatable bonds is 3. The average Bonchev–Trinajstić information content (AvgIpc) is 2.98. The van der Waals surface area contributed by atoms with Crippen molar-refractivity contribution in [1.29, 1.82) is 0 Å². The van der Waals surface area contributed by atoms with Gasteiger partial charge in [0.15, 0.2) is 0 Å². The van der Waals surface area contributed by atoms with E-state index in [9.17, 15) is 13.6 Å². The van der Waals surface area contributed by atoms with Crippen LogP contribution in [0.3, 0.4) is 0 Å². The zero-order chi connectivity index (χ0) is 16.8. The molecule has 3 atom stereocenters. The molecule has 4 aliphatic rings. The van der Waals surface area contributed by atoms with Gasteiger partial charge in [-0.3, -0.25) is 9.69 Å². The fraction of sp³-hybridized carbons (Fsp3) is 0.611. The lowest BCUT2D eigenvalue weighted by Gasteiger charge is -2.51. The molecule has 0 aliphatic carbocycles. The molecule has 1 amide bonds. The van der Waals surface area contributed by atoms with Gasteiger partial charge in [-0.25, -0.2) is 8.78 Å². The molecule has 5 rings (SSSR count). The van der Waals surface area contributed by atoms with Gasteiger partial charge in [0.25, 0.3) is 0 Å². The molecule has 6 heteroatoms. The van der Waals surface area contributed by atoms with E-state index < -0.39 is 11.6 Å². The lowest BCUT2D eigenvalue weighted by molar-refractivity contribution is -0.133. The monoisotopic (exact) mass is 352 g/mol. The Morgan fingerprint density at radius 3 is 2.46 bits per heavy atom. The van der Waals surface area contributed by atoms with Gasteiger partial charge in [0.1, 0.15) is 11.6 Å². The quantitative estimate of drug-likeness (QED) is 0.836. The summed E-state index contributed by atoms with van der Waals surface area (Å²) in [5.41, 5.74) is 0.689. The molecule has 0 radical (unpaired) electrons. The molecular weight excluding hydrogens is 330 g/mol. The topological polar surface area (TPSA) is 23.6 Å².